The zero-order chi connectivity index (χ0) is 15.0. The number of carboxylic acids is 1. The Kier molecular flexibility index (Phi) is 3.06. The summed E-state index contributed by atoms with van der Waals surface area (Å²) in [5, 5.41) is 9.75. The Morgan fingerprint density at radius 1 is 0.952 bits per heavy atom. The fraction of sp³-hybridized carbons (Fsp3) is 0.0588. The van der Waals surface area contributed by atoms with Gasteiger partial charge in [0.25, 0.3) is 0 Å². The fourth-order valence-electron chi connectivity index (χ4n) is 2.20. The summed E-state index contributed by atoms with van der Waals surface area (Å²) in [6.07, 6.45) is 0. The van der Waals surface area contributed by atoms with Crippen LogP contribution in [0.5, 0.6) is 0 Å². The predicted octanol–water partition coefficient (Wildman–Crippen LogP) is 4.00. The van der Waals surface area contributed by atoms with Gasteiger partial charge in [0.2, 0.25) is 0 Å². The third-order valence-electron chi connectivity index (χ3n) is 3.33. The molecule has 0 amide bonds. The van der Waals surface area contributed by atoms with Gasteiger partial charge in [0, 0.05) is 12.3 Å². The lowest BCUT2D eigenvalue weighted by atomic mass is 10.0. The second kappa shape index (κ2) is 4.90. The number of carbonyl (C=O) groups excluding carboxylic acids is 1. The van der Waals surface area contributed by atoms with E-state index < -0.39 is 5.97 Å². The Bertz CT molecular complexity index is 841. The van der Waals surface area contributed by atoms with E-state index in [1.54, 1.807) is 30.3 Å². The quantitative estimate of drug-likeness (QED) is 0.736. The zero-order valence-electron chi connectivity index (χ0n) is 11.3. The molecule has 0 aliphatic carbocycles. The van der Waals surface area contributed by atoms with E-state index in [1.807, 2.05) is 18.2 Å². The summed E-state index contributed by atoms with van der Waals surface area (Å²) in [5.74, 6) is -0.722. The van der Waals surface area contributed by atoms with Crippen LogP contribution in [-0.2, 0) is 0 Å². The van der Waals surface area contributed by atoms with Crippen LogP contribution in [0.3, 0.4) is 0 Å². The molecule has 0 bridgehead atoms. The third-order valence-corrected chi connectivity index (χ3v) is 3.33. The number of carbonyl (C=O) groups is 2. The number of hydrogen-bond donors (Lipinski definition) is 1. The first-order valence-electron chi connectivity index (χ1n) is 6.43. The van der Waals surface area contributed by atoms with Gasteiger partial charge in [0.1, 0.15) is 5.58 Å². The van der Waals surface area contributed by atoms with Gasteiger partial charge in [-0.25, -0.2) is 4.79 Å². The summed E-state index contributed by atoms with van der Waals surface area (Å²) in [7, 11) is 0. The van der Waals surface area contributed by atoms with Gasteiger partial charge in [0.05, 0.1) is 5.56 Å². The molecule has 0 saturated carbocycles. The number of ketones is 1. The first kappa shape index (κ1) is 13.1. The number of furan rings is 1. The average Bonchev–Trinajstić information content (AvgIpc) is 2.90. The topological polar surface area (TPSA) is 67.5 Å². The molecule has 0 atom stereocenters. The molecule has 0 radical (unpaired) electrons. The second-order valence-electron chi connectivity index (χ2n) is 4.80. The van der Waals surface area contributed by atoms with Gasteiger partial charge in [-0.05, 0) is 41.5 Å². The Morgan fingerprint density at radius 3 is 2.24 bits per heavy atom. The maximum absolute atomic E-state index is 11.3. The van der Waals surface area contributed by atoms with E-state index >= 15 is 0 Å². The molecule has 1 heterocycles. The molecular formula is C17H12O4. The summed E-state index contributed by atoms with van der Waals surface area (Å²) in [6, 6.07) is 14.0. The van der Waals surface area contributed by atoms with E-state index in [9.17, 15) is 9.59 Å². The number of rotatable bonds is 3. The SMILES string of the molecule is CC(=O)c1cc2cc(-c3ccc(C(=O)O)cc3)ccc2o1. The summed E-state index contributed by atoms with van der Waals surface area (Å²) in [4.78, 5) is 22.2. The Labute approximate surface area is 120 Å². The molecule has 0 saturated heterocycles. The van der Waals surface area contributed by atoms with Crippen LogP contribution in [0.2, 0.25) is 0 Å². The van der Waals surface area contributed by atoms with Crippen LogP contribution in [0.4, 0.5) is 0 Å². The molecule has 1 aromatic heterocycles. The van der Waals surface area contributed by atoms with E-state index in [0.29, 0.717) is 11.3 Å². The van der Waals surface area contributed by atoms with Crippen molar-refractivity contribution >= 4 is 22.7 Å². The maximum Gasteiger partial charge on any atom is 0.335 e. The normalized spacial score (nSPS) is 10.7. The highest BCUT2D eigenvalue weighted by molar-refractivity contribution is 5.97. The van der Waals surface area contributed by atoms with Crippen molar-refractivity contribution in [3.8, 4) is 11.1 Å². The number of carboxylic acid groups (broad SMARTS) is 1. The van der Waals surface area contributed by atoms with Crippen molar-refractivity contribution in [1.29, 1.82) is 0 Å². The van der Waals surface area contributed by atoms with Crippen molar-refractivity contribution in [2.24, 2.45) is 0 Å². The fourth-order valence-corrected chi connectivity index (χ4v) is 2.20. The zero-order valence-corrected chi connectivity index (χ0v) is 11.3. The van der Waals surface area contributed by atoms with Crippen LogP contribution in [0.15, 0.2) is 52.9 Å². The average molecular weight is 280 g/mol. The van der Waals surface area contributed by atoms with E-state index in [-0.39, 0.29) is 11.3 Å². The van der Waals surface area contributed by atoms with Crippen LogP contribution >= 0.6 is 0 Å². The molecule has 104 valence electrons. The van der Waals surface area contributed by atoms with E-state index in [1.165, 1.54) is 6.92 Å². The first-order chi connectivity index (χ1) is 10.0. The molecule has 0 aliphatic heterocycles. The minimum atomic E-state index is -0.946. The summed E-state index contributed by atoms with van der Waals surface area (Å²) < 4.78 is 5.44. The minimum Gasteiger partial charge on any atom is -0.478 e. The third kappa shape index (κ3) is 2.43. The molecule has 3 rings (SSSR count). The molecule has 0 aliphatic rings. The van der Waals surface area contributed by atoms with Gasteiger partial charge in [-0.15, -0.1) is 0 Å². The van der Waals surface area contributed by atoms with Gasteiger partial charge in [-0.2, -0.15) is 0 Å². The van der Waals surface area contributed by atoms with Crippen molar-refractivity contribution in [3.63, 3.8) is 0 Å². The van der Waals surface area contributed by atoms with Crippen LogP contribution in [0, 0.1) is 0 Å². The van der Waals surface area contributed by atoms with E-state index in [0.717, 1.165) is 16.5 Å². The smallest absolute Gasteiger partial charge is 0.335 e. The van der Waals surface area contributed by atoms with Crippen LogP contribution < -0.4 is 0 Å². The molecule has 0 fully saturated rings. The molecule has 0 spiro atoms. The number of aromatic carboxylic acids is 1. The van der Waals surface area contributed by atoms with E-state index in [4.69, 9.17) is 9.52 Å². The highest BCUT2D eigenvalue weighted by Gasteiger charge is 2.09. The predicted molar refractivity (Wildman–Crippen MR) is 78.6 cm³/mol. The Morgan fingerprint density at radius 2 is 1.62 bits per heavy atom. The van der Waals surface area contributed by atoms with Crippen molar-refractivity contribution in [1.82, 2.24) is 0 Å². The van der Waals surface area contributed by atoms with Gasteiger partial charge in [-0.1, -0.05) is 18.2 Å². The van der Waals surface area contributed by atoms with Gasteiger partial charge < -0.3 is 9.52 Å². The Balaban J connectivity index is 2.03. The Hall–Kier alpha value is -2.88. The molecule has 4 heteroatoms. The molecule has 2 aromatic carbocycles. The highest BCUT2D eigenvalue weighted by atomic mass is 16.4. The van der Waals surface area contributed by atoms with Crippen molar-refractivity contribution < 1.29 is 19.1 Å². The van der Waals surface area contributed by atoms with Crippen LogP contribution in [0.1, 0.15) is 27.8 Å². The molecule has 21 heavy (non-hydrogen) atoms. The van der Waals surface area contributed by atoms with Gasteiger partial charge in [-0.3, -0.25) is 4.79 Å². The lowest BCUT2D eigenvalue weighted by Gasteiger charge is -2.02. The first-order valence-corrected chi connectivity index (χ1v) is 6.43. The monoisotopic (exact) mass is 280 g/mol. The lowest BCUT2D eigenvalue weighted by molar-refractivity contribution is 0.0696. The number of hydrogen-bond acceptors (Lipinski definition) is 3. The van der Waals surface area contributed by atoms with Gasteiger partial charge in [0.15, 0.2) is 11.5 Å². The number of fused-ring (bicyclic) bond motifs is 1. The summed E-state index contributed by atoms with van der Waals surface area (Å²) in [6.45, 7) is 1.46. The van der Waals surface area contributed by atoms with Crippen molar-refractivity contribution in [3.05, 3.63) is 59.9 Å². The molecule has 4 nitrogen and oxygen atoms in total. The minimum absolute atomic E-state index is 0.112. The summed E-state index contributed by atoms with van der Waals surface area (Å²) >= 11 is 0. The summed E-state index contributed by atoms with van der Waals surface area (Å²) in [5.41, 5.74) is 2.76. The lowest BCUT2D eigenvalue weighted by Crippen LogP contribution is -1.94. The molecule has 1 N–H and O–H groups in total. The highest BCUT2D eigenvalue weighted by Crippen LogP contribution is 2.27. The van der Waals surface area contributed by atoms with Crippen LogP contribution in [0.25, 0.3) is 22.1 Å². The van der Waals surface area contributed by atoms with Crippen molar-refractivity contribution in [2.75, 3.05) is 0 Å². The number of Topliss-reactive ketones (excluding diaryl/α,β-unsaturated/α-hetero) is 1. The van der Waals surface area contributed by atoms with E-state index in [2.05, 4.69) is 0 Å². The number of benzene rings is 2. The maximum atomic E-state index is 11.3. The standard InChI is InChI=1S/C17H12O4/c1-10(18)16-9-14-8-13(6-7-15(14)21-16)11-2-4-12(5-3-11)17(19)20/h2-9H,1H3,(H,19,20). The molecule has 3 aromatic rings. The van der Waals surface area contributed by atoms with Crippen molar-refractivity contribution in [2.45, 2.75) is 6.92 Å². The second-order valence-corrected chi connectivity index (χ2v) is 4.80. The largest absolute Gasteiger partial charge is 0.478 e. The van der Waals surface area contributed by atoms with Crippen LogP contribution in [-0.4, -0.2) is 16.9 Å². The molecular weight excluding hydrogens is 268 g/mol. The van der Waals surface area contributed by atoms with Gasteiger partial charge >= 0.3 is 5.97 Å². The molecule has 0 unspecified atom stereocenters.